The molecule has 0 aliphatic carbocycles. The molecule has 0 N–H and O–H groups in total. The maximum Gasteiger partial charge on any atom is 0.171 e. The summed E-state index contributed by atoms with van der Waals surface area (Å²) < 4.78 is 25.6. The fourth-order valence-electron chi connectivity index (χ4n) is 6.57. The molecule has 180 valence electrons. The van der Waals surface area contributed by atoms with E-state index in [0.29, 0.717) is 52.1 Å². The lowest BCUT2D eigenvalue weighted by atomic mass is 9.76. The van der Waals surface area contributed by atoms with E-state index in [2.05, 4.69) is 0 Å². The fourth-order valence-corrected chi connectivity index (χ4v) is 6.57. The van der Waals surface area contributed by atoms with Gasteiger partial charge in [0.25, 0.3) is 0 Å². The SMILES string of the molecule is CC1(C)CC2(CC(C)(C)N1[O-])OCC1(CO2)COC2(CC(C)(C)N([O-])C(C)(C)C2)OC1. The van der Waals surface area contributed by atoms with Crippen LogP contribution in [0.5, 0.6) is 0 Å². The number of hydrogen-bond donors (Lipinski definition) is 0. The Hall–Kier alpha value is -0.320. The molecule has 0 aromatic carbocycles. The molecule has 8 nitrogen and oxygen atoms in total. The van der Waals surface area contributed by atoms with Crippen molar-refractivity contribution in [3.8, 4) is 0 Å². The Morgan fingerprint density at radius 1 is 0.484 bits per heavy atom. The minimum Gasteiger partial charge on any atom is -0.784 e. The number of ether oxygens (including phenoxy) is 4. The molecule has 0 bridgehead atoms. The highest BCUT2D eigenvalue weighted by atomic mass is 16.7. The molecule has 0 radical (unpaired) electrons. The van der Waals surface area contributed by atoms with E-state index < -0.39 is 33.7 Å². The van der Waals surface area contributed by atoms with Crippen molar-refractivity contribution in [3.05, 3.63) is 10.4 Å². The summed E-state index contributed by atoms with van der Waals surface area (Å²) in [6, 6.07) is 0. The first-order valence-corrected chi connectivity index (χ1v) is 11.5. The normalized spacial score (nSPS) is 35.4. The van der Waals surface area contributed by atoms with Crippen molar-refractivity contribution >= 4 is 0 Å². The molecule has 0 aromatic rings. The van der Waals surface area contributed by atoms with E-state index in [1.807, 2.05) is 55.4 Å². The number of piperidine rings is 2. The summed E-state index contributed by atoms with van der Waals surface area (Å²) in [5, 5.41) is 27.8. The average Bonchev–Trinajstić information content (AvgIpc) is 2.62. The Kier molecular flexibility index (Phi) is 5.27. The van der Waals surface area contributed by atoms with Crippen LogP contribution in [0.25, 0.3) is 0 Å². The molecule has 8 heteroatoms. The van der Waals surface area contributed by atoms with Crippen molar-refractivity contribution in [2.45, 2.75) is 115 Å². The monoisotopic (exact) mass is 440 g/mol. The average molecular weight is 441 g/mol. The lowest BCUT2D eigenvalue weighted by Gasteiger charge is -2.65. The van der Waals surface area contributed by atoms with Crippen LogP contribution in [-0.2, 0) is 18.9 Å². The highest BCUT2D eigenvalue weighted by Crippen LogP contribution is 2.51. The standard InChI is InChI=1S/C23H40N2O6/c1-17(2)9-22(10-18(3,4)24(17)26)28-13-21(14-29-22)15-30-23(31-16-21)11-19(5,6)25(27)20(7,8)12-23/h9-16H2,1-8H3/q-2. The zero-order chi connectivity index (χ0) is 23.1. The van der Waals surface area contributed by atoms with E-state index in [-0.39, 0.29) is 5.41 Å². The summed E-state index contributed by atoms with van der Waals surface area (Å²) in [6.07, 6.45) is 2.10. The Balaban J connectivity index is 1.44. The van der Waals surface area contributed by atoms with Gasteiger partial charge < -0.3 is 39.5 Å². The topological polar surface area (TPSA) is 89.5 Å². The van der Waals surface area contributed by atoms with Gasteiger partial charge in [-0.2, -0.15) is 0 Å². The van der Waals surface area contributed by atoms with Gasteiger partial charge >= 0.3 is 0 Å². The fraction of sp³-hybridized carbons (Fsp3) is 1.00. The lowest BCUT2D eigenvalue weighted by Crippen LogP contribution is -2.69. The van der Waals surface area contributed by atoms with E-state index >= 15 is 0 Å². The predicted molar refractivity (Wildman–Crippen MR) is 117 cm³/mol. The molecule has 3 spiro atoms. The van der Waals surface area contributed by atoms with Gasteiger partial charge in [-0.15, -0.1) is 0 Å². The zero-order valence-corrected chi connectivity index (χ0v) is 20.5. The van der Waals surface area contributed by atoms with E-state index in [1.165, 1.54) is 10.1 Å². The predicted octanol–water partition coefficient (Wildman–Crippen LogP) is 3.76. The van der Waals surface area contributed by atoms with E-state index in [1.54, 1.807) is 0 Å². The Morgan fingerprint density at radius 2 is 0.710 bits per heavy atom. The van der Waals surface area contributed by atoms with Crippen LogP contribution in [0, 0.1) is 15.8 Å². The van der Waals surface area contributed by atoms with Crippen molar-refractivity contribution < 1.29 is 18.9 Å². The molecular weight excluding hydrogens is 400 g/mol. The van der Waals surface area contributed by atoms with Crippen molar-refractivity contribution in [1.82, 2.24) is 10.1 Å². The van der Waals surface area contributed by atoms with E-state index in [0.717, 1.165) is 0 Å². The summed E-state index contributed by atoms with van der Waals surface area (Å²) in [4.78, 5) is 0. The summed E-state index contributed by atoms with van der Waals surface area (Å²) in [5.41, 5.74) is -2.65. The first kappa shape index (κ1) is 23.8. The van der Waals surface area contributed by atoms with Crippen LogP contribution < -0.4 is 0 Å². The molecule has 4 rings (SSSR count). The second kappa shape index (κ2) is 6.85. The summed E-state index contributed by atoms with van der Waals surface area (Å²) in [7, 11) is 0. The first-order chi connectivity index (χ1) is 14.0. The number of nitrogens with zero attached hydrogens (tertiary/aromatic N) is 2. The molecule has 4 aliphatic rings. The molecule has 31 heavy (non-hydrogen) atoms. The van der Waals surface area contributed by atoms with Crippen LogP contribution in [0.3, 0.4) is 0 Å². The van der Waals surface area contributed by atoms with E-state index in [4.69, 9.17) is 18.9 Å². The van der Waals surface area contributed by atoms with Gasteiger partial charge in [0.05, 0.1) is 31.8 Å². The highest BCUT2D eigenvalue weighted by Gasteiger charge is 2.58. The van der Waals surface area contributed by atoms with Gasteiger partial charge in [-0.3, -0.25) is 0 Å². The Morgan fingerprint density at radius 3 is 0.935 bits per heavy atom. The molecule has 4 fully saturated rings. The van der Waals surface area contributed by atoms with Gasteiger partial charge in [-0.05, 0) is 55.4 Å². The quantitative estimate of drug-likeness (QED) is 0.562. The van der Waals surface area contributed by atoms with Crippen LogP contribution in [0.2, 0.25) is 0 Å². The van der Waals surface area contributed by atoms with Crippen LogP contribution in [-0.4, -0.2) is 70.3 Å². The van der Waals surface area contributed by atoms with Crippen LogP contribution in [0.4, 0.5) is 0 Å². The molecule has 4 heterocycles. The maximum absolute atomic E-state index is 12.7. The molecule has 0 saturated carbocycles. The highest BCUT2D eigenvalue weighted by molar-refractivity contribution is 5.08. The number of rotatable bonds is 0. The molecule has 0 unspecified atom stereocenters. The van der Waals surface area contributed by atoms with Crippen LogP contribution >= 0.6 is 0 Å². The van der Waals surface area contributed by atoms with Gasteiger partial charge in [0, 0.05) is 47.8 Å². The zero-order valence-electron chi connectivity index (χ0n) is 20.5. The minimum absolute atomic E-state index is 0.373. The maximum atomic E-state index is 12.7. The summed E-state index contributed by atoms with van der Waals surface area (Å²) in [5.74, 6) is -1.52. The first-order valence-electron chi connectivity index (χ1n) is 11.5. The van der Waals surface area contributed by atoms with Crippen molar-refractivity contribution in [2.24, 2.45) is 5.41 Å². The molecular formula is C23H40N2O6-2. The third kappa shape index (κ3) is 3.97. The Bertz CT molecular complexity index is 599. The van der Waals surface area contributed by atoms with Crippen molar-refractivity contribution in [2.75, 3.05) is 26.4 Å². The number of hydroxylamine groups is 4. The van der Waals surface area contributed by atoms with Gasteiger partial charge in [-0.25, -0.2) is 0 Å². The number of hydrogen-bond acceptors (Lipinski definition) is 8. The second-order valence-corrected chi connectivity index (χ2v) is 13.0. The smallest absolute Gasteiger partial charge is 0.171 e. The largest absolute Gasteiger partial charge is 0.784 e. The Labute approximate surface area is 186 Å². The van der Waals surface area contributed by atoms with Crippen LogP contribution in [0.1, 0.15) is 81.1 Å². The van der Waals surface area contributed by atoms with Crippen LogP contribution in [0.15, 0.2) is 0 Å². The minimum atomic E-state index is -0.758. The van der Waals surface area contributed by atoms with Crippen molar-refractivity contribution in [3.63, 3.8) is 0 Å². The van der Waals surface area contributed by atoms with Gasteiger partial charge in [0.2, 0.25) is 0 Å². The third-order valence-corrected chi connectivity index (χ3v) is 7.57. The molecule has 4 aliphatic heterocycles. The van der Waals surface area contributed by atoms with Gasteiger partial charge in [0.1, 0.15) is 0 Å². The molecule has 0 atom stereocenters. The third-order valence-electron chi connectivity index (χ3n) is 7.57. The van der Waals surface area contributed by atoms with E-state index in [9.17, 15) is 10.4 Å². The van der Waals surface area contributed by atoms with Gasteiger partial charge in [0.15, 0.2) is 11.6 Å². The van der Waals surface area contributed by atoms with Gasteiger partial charge in [-0.1, -0.05) is 0 Å². The summed E-state index contributed by atoms with van der Waals surface area (Å²) >= 11 is 0. The molecule has 0 amide bonds. The second-order valence-electron chi connectivity index (χ2n) is 13.0. The molecule has 4 saturated heterocycles. The molecule has 0 aromatic heterocycles. The van der Waals surface area contributed by atoms with Crippen molar-refractivity contribution in [1.29, 1.82) is 0 Å². The lowest BCUT2D eigenvalue weighted by molar-refractivity contribution is -0.393. The summed E-state index contributed by atoms with van der Waals surface area (Å²) in [6.45, 7) is 17.4.